The Morgan fingerprint density at radius 1 is 1.27 bits per heavy atom. The van der Waals surface area contributed by atoms with Crippen molar-refractivity contribution in [1.29, 1.82) is 0 Å². The van der Waals surface area contributed by atoms with Gasteiger partial charge >= 0.3 is 0 Å². The van der Waals surface area contributed by atoms with Crippen LogP contribution < -0.4 is 5.32 Å². The summed E-state index contributed by atoms with van der Waals surface area (Å²) in [6.45, 7) is 8.96. The third-order valence-corrected chi connectivity index (χ3v) is 2.86. The van der Waals surface area contributed by atoms with Crippen molar-refractivity contribution in [1.82, 2.24) is 10.2 Å². The molecule has 0 heterocycles. The molecule has 0 spiro atoms. The molecule has 0 radical (unpaired) electrons. The van der Waals surface area contributed by atoms with Gasteiger partial charge in [0.25, 0.3) is 0 Å². The molecule has 3 nitrogen and oxygen atoms in total. The molecular weight excluding hydrogens is 188 g/mol. The van der Waals surface area contributed by atoms with Gasteiger partial charge in [-0.05, 0) is 33.9 Å². The van der Waals surface area contributed by atoms with Crippen LogP contribution in [0, 0.1) is 0 Å². The first kappa shape index (κ1) is 14.9. The smallest absolute Gasteiger partial charge is 0.0597 e. The zero-order valence-electron chi connectivity index (χ0n) is 10.8. The Kier molecular flexibility index (Phi) is 9.06. The van der Waals surface area contributed by atoms with Gasteiger partial charge in [-0.2, -0.15) is 0 Å². The minimum atomic E-state index is 0.203. The molecule has 0 aromatic carbocycles. The molecule has 0 rings (SSSR count). The van der Waals surface area contributed by atoms with Gasteiger partial charge in [0, 0.05) is 18.6 Å². The topological polar surface area (TPSA) is 35.5 Å². The fourth-order valence-electron chi connectivity index (χ4n) is 1.65. The average Bonchev–Trinajstić information content (AvgIpc) is 2.23. The van der Waals surface area contributed by atoms with Crippen LogP contribution in [0.2, 0.25) is 0 Å². The second-order valence-corrected chi connectivity index (χ2v) is 4.46. The van der Waals surface area contributed by atoms with Gasteiger partial charge in [0.1, 0.15) is 0 Å². The summed E-state index contributed by atoms with van der Waals surface area (Å²) in [4.78, 5) is 2.44. The van der Waals surface area contributed by atoms with E-state index >= 15 is 0 Å². The van der Waals surface area contributed by atoms with E-state index in [1.54, 1.807) is 0 Å². The lowest BCUT2D eigenvalue weighted by Crippen LogP contribution is -2.44. The number of aliphatic hydroxyl groups is 1. The number of rotatable bonds is 9. The Hall–Kier alpha value is -0.120. The number of nitrogens with zero attached hydrogens (tertiary/aromatic N) is 1. The first-order chi connectivity index (χ1) is 7.15. The van der Waals surface area contributed by atoms with Gasteiger partial charge < -0.3 is 10.4 Å². The van der Waals surface area contributed by atoms with Crippen molar-refractivity contribution < 1.29 is 5.11 Å². The third-order valence-electron chi connectivity index (χ3n) is 2.86. The molecule has 15 heavy (non-hydrogen) atoms. The highest BCUT2D eigenvalue weighted by molar-refractivity contribution is 4.72. The van der Waals surface area contributed by atoms with Gasteiger partial charge in [-0.1, -0.05) is 19.8 Å². The largest absolute Gasteiger partial charge is 0.395 e. The molecule has 92 valence electrons. The zero-order chi connectivity index (χ0) is 11.7. The van der Waals surface area contributed by atoms with Crippen LogP contribution in [0.25, 0.3) is 0 Å². The highest BCUT2D eigenvalue weighted by Crippen LogP contribution is 2.04. The van der Waals surface area contributed by atoms with E-state index in [0.717, 1.165) is 13.1 Å². The summed E-state index contributed by atoms with van der Waals surface area (Å²) in [6, 6.07) is 0.762. The normalized spacial score (nSPS) is 13.8. The van der Waals surface area contributed by atoms with Gasteiger partial charge in [0.2, 0.25) is 0 Å². The van der Waals surface area contributed by atoms with E-state index in [0.29, 0.717) is 6.04 Å². The van der Waals surface area contributed by atoms with Crippen molar-refractivity contribution in [2.24, 2.45) is 0 Å². The summed E-state index contributed by atoms with van der Waals surface area (Å²) < 4.78 is 0. The molecule has 0 amide bonds. The molecule has 1 atom stereocenters. The van der Waals surface area contributed by atoms with E-state index in [1.807, 2.05) is 7.05 Å². The van der Waals surface area contributed by atoms with E-state index in [2.05, 4.69) is 31.0 Å². The van der Waals surface area contributed by atoms with Crippen molar-refractivity contribution in [3.05, 3.63) is 0 Å². The predicted molar refractivity (Wildman–Crippen MR) is 66.2 cm³/mol. The lowest BCUT2D eigenvalue weighted by molar-refractivity contribution is 0.159. The van der Waals surface area contributed by atoms with Crippen molar-refractivity contribution in [3.63, 3.8) is 0 Å². The minimum Gasteiger partial charge on any atom is -0.395 e. The molecule has 1 unspecified atom stereocenters. The molecule has 2 N–H and O–H groups in total. The van der Waals surface area contributed by atoms with Crippen LogP contribution in [-0.2, 0) is 0 Å². The summed E-state index contributed by atoms with van der Waals surface area (Å²) in [5, 5.41) is 12.3. The molecule has 0 aliphatic heterocycles. The van der Waals surface area contributed by atoms with Crippen LogP contribution in [0.3, 0.4) is 0 Å². The lowest BCUT2D eigenvalue weighted by atomic mass is 10.2. The maximum Gasteiger partial charge on any atom is 0.0597 e. The summed E-state index contributed by atoms with van der Waals surface area (Å²) in [7, 11) is 1.91. The van der Waals surface area contributed by atoms with Crippen LogP contribution in [0.1, 0.15) is 40.0 Å². The predicted octanol–water partition coefficient (Wildman–Crippen LogP) is 1.47. The molecule has 0 aliphatic rings. The lowest BCUT2D eigenvalue weighted by Gasteiger charge is -2.29. The molecule has 0 fully saturated rings. The maximum atomic E-state index is 9.14. The summed E-state index contributed by atoms with van der Waals surface area (Å²) in [6.07, 6.45) is 3.82. The number of unbranched alkanes of at least 4 members (excludes halogenated alkanes) is 2. The fourth-order valence-corrected chi connectivity index (χ4v) is 1.65. The SMILES string of the molecule is CCCCCN(CC(CO)NC)C(C)C. The first-order valence-corrected chi connectivity index (χ1v) is 6.17. The van der Waals surface area contributed by atoms with Gasteiger partial charge in [0.15, 0.2) is 0 Å². The number of hydrogen-bond acceptors (Lipinski definition) is 3. The van der Waals surface area contributed by atoms with Gasteiger partial charge in [-0.15, -0.1) is 0 Å². The Morgan fingerprint density at radius 3 is 2.33 bits per heavy atom. The van der Waals surface area contributed by atoms with Crippen molar-refractivity contribution in [2.45, 2.75) is 52.1 Å². The minimum absolute atomic E-state index is 0.203. The molecule has 0 saturated heterocycles. The molecule has 0 aromatic rings. The second kappa shape index (κ2) is 9.13. The van der Waals surface area contributed by atoms with Crippen molar-refractivity contribution in [3.8, 4) is 0 Å². The van der Waals surface area contributed by atoms with E-state index in [-0.39, 0.29) is 12.6 Å². The van der Waals surface area contributed by atoms with Crippen LogP contribution >= 0.6 is 0 Å². The van der Waals surface area contributed by atoms with Crippen LogP contribution in [0.4, 0.5) is 0 Å². The molecule has 0 aromatic heterocycles. The summed E-state index contributed by atoms with van der Waals surface area (Å²) in [5.41, 5.74) is 0. The molecular formula is C12H28N2O. The molecule has 0 aliphatic carbocycles. The second-order valence-electron chi connectivity index (χ2n) is 4.46. The number of likely N-dealkylation sites (N-methyl/N-ethyl adjacent to an activating group) is 1. The molecule has 0 saturated carbocycles. The molecule has 3 heteroatoms. The van der Waals surface area contributed by atoms with Crippen molar-refractivity contribution in [2.75, 3.05) is 26.7 Å². The highest BCUT2D eigenvalue weighted by Gasteiger charge is 2.13. The van der Waals surface area contributed by atoms with Gasteiger partial charge in [-0.3, -0.25) is 4.90 Å². The van der Waals surface area contributed by atoms with Crippen LogP contribution in [0.5, 0.6) is 0 Å². The Morgan fingerprint density at radius 2 is 1.93 bits per heavy atom. The monoisotopic (exact) mass is 216 g/mol. The molecule has 0 bridgehead atoms. The van der Waals surface area contributed by atoms with Crippen molar-refractivity contribution >= 4 is 0 Å². The first-order valence-electron chi connectivity index (χ1n) is 6.17. The fraction of sp³-hybridized carbons (Fsp3) is 1.00. The van der Waals surface area contributed by atoms with Gasteiger partial charge in [0.05, 0.1) is 6.61 Å². The van der Waals surface area contributed by atoms with E-state index in [9.17, 15) is 0 Å². The Bertz CT molecular complexity index is 136. The standard InChI is InChI=1S/C12H28N2O/c1-5-6-7-8-14(11(2)3)9-12(10-15)13-4/h11-13,15H,5-10H2,1-4H3. The summed E-state index contributed by atoms with van der Waals surface area (Å²) >= 11 is 0. The zero-order valence-corrected chi connectivity index (χ0v) is 10.8. The number of nitrogens with one attached hydrogen (secondary N) is 1. The average molecular weight is 216 g/mol. The Balaban J connectivity index is 3.91. The quantitative estimate of drug-likeness (QED) is 0.573. The number of aliphatic hydroxyl groups excluding tert-OH is 1. The van der Waals surface area contributed by atoms with E-state index < -0.39 is 0 Å². The van der Waals surface area contributed by atoms with Crippen LogP contribution in [0.15, 0.2) is 0 Å². The van der Waals surface area contributed by atoms with E-state index in [4.69, 9.17) is 5.11 Å². The maximum absolute atomic E-state index is 9.14. The van der Waals surface area contributed by atoms with Gasteiger partial charge in [-0.25, -0.2) is 0 Å². The van der Waals surface area contributed by atoms with E-state index in [1.165, 1.54) is 19.3 Å². The highest BCUT2D eigenvalue weighted by atomic mass is 16.3. The van der Waals surface area contributed by atoms with Crippen LogP contribution in [-0.4, -0.2) is 48.8 Å². The summed E-state index contributed by atoms with van der Waals surface area (Å²) in [5.74, 6) is 0. The Labute approximate surface area is 94.9 Å². The third kappa shape index (κ3) is 6.88. The number of hydrogen-bond donors (Lipinski definition) is 2.